The Hall–Kier alpha value is -1.88. The fourth-order valence-electron chi connectivity index (χ4n) is 2.00. The molecule has 0 aromatic carbocycles. The molecule has 0 unspecified atom stereocenters. The molecule has 0 radical (unpaired) electrons. The van der Waals surface area contributed by atoms with Crippen molar-refractivity contribution in [3.8, 4) is 11.6 Å². The molecule has 0 saturated carbocycles. The summed E-state index contributed by atoms with van der Waals surface area (Å²) in [5, 5.41) is 3.43. The van der Waals surface area contributed by atoms with Crippen molar-refractivity contribution in [3.63, 3.8) is 0 Å². The van der Waals surface area contributed by atoms with E-state index in [1.54, 1.807) is 18.5 Å². The van der Waals surface area contributed by atoms with Crippen molar-refractivity contribution in [1.82, 2.24) is 25.3 Å². The van der Waals surface area contributed by atoms with Crippen LogP contribution in [0.15, 0.2) is 18.5 Å². The van der Waals surface area contributed by atoms with Gasteiger partial charge in [-0.1, -0.05) is 13.8 Å². The van der Waals surface area contributed by atoms with Gasteiger partial charge in [0.05, 0.1) is 0 Å². The number of hydrogen-bond acceptors (Lipinski definition) is 5. The third kappa shape index (κ3) is 3.57. The minimum absolute atomic E-state index is 0.570. The molecule has 2 rings (SSSR count). The summed E-state index contributed by atoms with van der Waals surface area (Å²) in [6.45, 7) is 10.2. The summed E-state index contributed by atoms with van der Waals surface area (Å²) in [6, 6.07) is 1.79. The van der Waals surface area contributed by atoms with Crippen LogP contribution in [0.4, 0.5) is 0 Å². The fourth-order valence-corrected chi connectivity index (χ4v) is 2.00. The van der Waals surface area contributed by atoms with E-state index in [2.05, 4.69) is 39.1 Å². The van der Waals surface area contributed by atoms with Crippen LogP contribution in [0.25, 0.3) is 11.6 Å². The third-order valence-electron chi connectivity index (χ3n) is 3.04. The topological polar surface area (TPSA) is 63.6 Å². The van der Waals surface area contributed by atoms with Gasteiger partial charge in [0.25, 0.3) is 0 Å². The molecule has 5 heteroatoms. The minimum atomic E-state index is 0.570. The lowest BCUT2D eigenvalue weighted by Crippen LogP contribution is -2.21. The molecule has 1 N–H and O–H groups in total. The second kappa shape index (κ2) is 6.52. The second-order valence-corrected chi connectivity index (χ2v) is 5.29. The predicted octanol–water partition coefficient (Wildman–Crippen LogP) is 2.30. The van der Waals surface area contributed by atoms with Crippen LogP contribution < -0.4 is 5.32 Å². The first kappa shape index (κ1) is 14.5. The Balaban J connectivity index is 2.21. The highest BCUT2D eigenvalue weighted by molar-refractivity contribution is 5.44. The van der Waals surface area contributed by atoms with Crippen molar-refractivity contribution in [2.45, 2.75) is 34.2 Å². The largest absolute Gasteiger partial charge is 0.312 e. The van der Waals surface area contributed by atoms with E-state index >= 15 is 0 Å². The molecule has 0 aliphatic heterocycles. The number of rotatable bonds is 5. The van der Waals surface area contributed by atoms with E-state index in [0.717, 1.165) is 30.0 Å². The van der Waals surface area contributed by atoms with Gasteiger partial charge in [-0.15, -0.1) is 0 Å². The Morgan fingerprint density at radius 1 is 1.00 bits per heavy atom. The second-order valence-electron chi connectivity index (χ2n) is 5.29. The molecular formula is C15H21N5. The van der Waals surface area contributed by atoms with Gasteiger partial charge in [-0.05, 0) is 32.4 Å². The number of aromatic nitrogens is 4. The molecule has 0 fully saturated rings. The summed E-state index contributed by atoms with van der Waals surface area (Å²) < 4.78 is 0. The molecule has 0 amide bonds. The van der Waals surface area contributed by atoms with E-state index in [0.29, 0.717) is 17.6 Å². The van der Waals surface area contributed by atoms with Crippen molar-refractivity contribution in [2.24, 2.45) is 5.92 Å². The smallest absolute Gasteiger partial charge is 0.198 e. The number of nitrogens with zero attached hydrogens (tertiary/aromatic N) is 4. The molecule has 2 aromatic rings. The number of hydrogen-bond donors (Lipinski definition) is 1. The van der Waals surface area contributed by atoms with Crippen molar-refractivity contribution in [1.29, 1.82) is 0 Å². The van der Waals surface area contributed by atoms with Crippen LogP contribution in [0.2, 0.25) is 0 Å². The zero-order chi connectivity index (χ0) is 14.5. The van der Waals surface area contributed by atoms with Crippen LogP contribution in [0.5, 0.6) is 0 Å². The first-order chi connectivity index (χ1) is 9.58. The standard InChI is InChI=1S/C15H21N5/c1-10(2)8-16-9-13-11(3)19-15(20-12(13)4)14-17-6-5-7-18-14/h5-7,10,16H,8-9H2,1-4H3. The fraction of sp³-hybridized carbons (Fsp3) is 0.467. The first-order valence-electron chi connectivity index (χ1n) is 6.90. The predicted molar refractivity (Wildman–Crippen MR) is 79.1 cm³/mol. The SMILES string of the molecule is Cc1nc(-c2ncccn2)nc(C)c1CNCC(C)C. The summed E-state index contributed by atoms with van der Waals surface area (Å²) in [5.74, 6) is 1.79. The van der Waals surface area contributed by atoms with Crippen molar-refractivity contribution >= 4 is 0 Å². The van der Waals surface area contributed by atoms with Gasteiger partial charge in [-0.3, -0.25) is 0 Å². The van der Waals surface area contributed by atoms with Crippen molar-refractivity contribution in [3.05, 3.63) is 35.4 Å². The zero-order valence-corrected chi connectivity index (χ0v) is 12.5. The van der Waals surface area contributed by atoms with E-state index in [1.165, 1.54) is 0 Å². The first-order valence-corrected chi connectivity index (χ1v) is 6.90. The van der Waals surface area contributed by atoms with Crippen LogP contribution in [0.1, 0.15) is 30.8 Å². The molecule has 2 aromatic heterocycles. The van der Waals surface area contributed by atoms with E-state index < -0.39 is 0 Å². The van der Waals surface area contributed by atoms with Gasteiger partial charge >= 0.3 is 0 Å². The molecular weight excluding hydrogens is 250 g/mol. The summed E-state index contributed by atoms with van der Waals surface area (Å²) >= 11 is 0. The monoisotopic (exact) mass is 271 g/mol. The Morgan fingerprint density at radius 2 is 1.60 bits per heavy atom. The average molecular weight is 271 g/mol. The molecule has 0 saturated heterocycles. The summed E-state index contributed by atoms with van der Waals surface area (Å²) in [6.07, 6.45) is 3.41. The molecule has 0 atom stereocenters. The van der Waals surface area contributed by atoms with Gasteiger partial charge in [0.1, 0.15) is 0 Å². The van der Waals surface area contributed by atoms with E-state index in [9.17, 15) is 0 Å². The average Bonchev–Trinajstić information content (AvgIpc) is 2.42. The van der Waals surface area contributed by atoms with Gasteiger partial charge in [0, 0.05) is 35.9 Å². The van der Waals surface area contributed by atoms with Crippen LogP contribution in [0.3, 0.4) is 0 Å². The lowest BCUT2D eigenvalue weighted by atomic mass is 10.1. The highest BCUT2D eigenvalue weighted by atomic mass is 15.0. The zero-order valence-electron chi connectivity index (χ0n) is 12.5. The van der Waals surface area contributed by atoms with Crippen LogP contribution in [-0.4, -0.2) is 26.5 Å². The molecule has 0 aliphatic carbocycles. The molecule has 2 heterocycles. The van der Waals surface area contributed by atoms with E-state index in [-0.39, 0.29) is 0 Å². The van der Waals surface area contributed by atoms with Crippen LogP contribution in [0, 0.1) is 19.8 Å². The summed E-state index contributed by atoms with van der Waals surface area (Å²) in [4.78, 5) is 17.4. The minimum Gasteiger partial charge on any atom is -0.312 e. The molecule has 106 valence electrons. The molecule has 0 aliphatic rings. The van der Waals surface area contributed by atoms with Gasteiger partial charge in [0.2, 0.25) is 0 Å². The van der Waals surface area contributed by atoms with Gasteiger partial charge in [-0.2, -0.15) is 0 Å². The molecule has 5 nitrogen and oxygen atoms in total. The van der Waals surface area contributed by atoms with Crippen molar-refractivity contribution < 1.29 is 0 Å². The molecule has 20 heavy (non-hydrogen) atoms. The summed E-state index contributed by atoms with van der Waals surface area (Å²) in [5.41, 5.74) is 3.12. The van der Waals surface area contributed by atoms with Crippen LogP contribution >= 0.6 is 0 Å². The van der Waals surface area contributed by atoms with Gasteiger partial charge in [-0.25, -0.2) is 19.9 Å². The quantitative estimate of drug-likeness (QED) is 0.904. The maximum Gasteiger partial charge on any atom is 0.198 e. The maximum atomic E-state index is 4.53. The normalized spacial score (nSPS) is 11.1. The Labute approximate surface area is 119 Å². The highest BCUT2D eigenvalue weighted by Crippen LogP contribution is 2.15. The Kier molecular flexibility index (Phi) is 4.74. The van der Waals surface area contributed by atoms with Gasteiger partial charge in [0.15, 0.2) is 11.6 Å². The van der Waals surface area contributed by atoms with E-state index in [1.807, 2.05) is 13.8 Å². The van der Waals surface area contributed by atoms with Crippen molar-refractivity contribution in [2.75, 3.05) is 6.54 Å². The highest BCUT2D eigenvalue weighted by Gasteiger charge is 2.11. The van der Waals surface area contributed by atoms with Crippen LogP contribution in [-0.2, 0) is 6.54 Å². The van der Waals surface area contributed by atoms with Gasteiger partial charge < -0.3 is 5.32 Å². The summed E-state index contributed by atoms with van der Waals surface area (Å²) in [7, 11) is 0. The Morgan fingerprint density at radius 3 is 2.15 bits per heavy atom. The lowest BCUT2D eigenvalue weighted by molar-refractivity contribution is 0.549. The third-order valence-corrected chi connectivity index (χ3v) is 3.04. The number of nitrogens with one attached hydrogen (secondary N) is 1. The van der Waals surface area contributed by atoms with E-state index in [4.69, 9.17) is 0 Å². The lowest BCUT2D eigenvalue weighted by Gasteiger charge is -2.12. The number of aryl methyl sites for hydroxylation is 2. The Bertz CT molecular complexity index is 543. The maximum absolute atomic E-state index is 4.53. The molecule has 0 spiro atoms. The molecule has 0 bridgehead atoms.